The van der Waals surface area contributed by atoms with Crippen molar-refractivity contribution in [2.45, 2.75) is 0 Å². The van der Waals surface area contributed by atoms with Crippen molar-refractivity contribution in [3.05, 3.63) is 72.2 Å². The van der Waals surface area contributed by atoms with Crippen molar-refractivity contribution >= 4 is 56.7 Å². The molecule has 1 aromatic heterocycles. The Morgan fingerprint density at radius 1 is 1.04 bits per heavy atom. The highest BCUT2D eigenvalue weighted by Gasteiger charge is 2.12. The van der Waals surface area contributed by atoms with Gasteiger partial charge in [0.15, 0.2) is 0 Å². The van der Waals surface area contributed by atoms with Gasteiger partial charge in [0.2, 0.25) is 0 Å². The zero-order chi connectivity index (χ0) is 17.3. The Kier molecular flexibility index (Phi) is 4.24. The van der Waals surface area contributed by atoms with E-state index in [9.17, 15) is 20.2 Å². The van der Waals surface area contributed by atoms with Crippen molar-refractivity contribution in [2.75, 3.05) is 0 Å². The van der Waals surface area contributed by atoms with Crippen LogP contribution in [0.25, 0.3) is 22.4 Å². The van der Waals surface area contributed by atoms with Gasteiger partial charge in [0.25, 0.3) is 11.4 Å². The van der Waals surface area contributed by atoms with E-state index in [0.29, 0.717) is 20.8 Å². The van der Waals surface area contributed by atoms with Crippen LogP contribution in [-0.4, -0.2) is 14.8 Å². The standard InChI is InChI=1S/C15H8ClN3O4S/c16-11-4-1-9(7-13(11)19(22)23)2-6-15-17-12-5-3-10(18(20)21)8-14(12)24-15/h1-8H/b6-2+. The van der Waals surface area contributed by atoms with E-state index in [1.807, 2.05) is 0 Å². The molecule has 0 radical (unpaired) electrons. The summed E-state index contributed by atoms with van der Waals surface area (Å²) in [5.41, 5.74) is 1.11. The number of benzene rings is 2. The second-order valence-electron chi connectivity index (χ2n) is 4.76. The molecule has 0 aliphatic carbocycles. The fraction of sp³-hybridized carbons (Fsp3) is 0. The molecule has 0 bridgehead atoms. The maximum atomic E-state index is 10.9. The fourth-order valence-corrected chi connectivity index (χ4v) is 3.15. The van der Waals surface area contributed by atoms with Gasteiger partial charge in [-0.1, -0.05) is 23.7 Å². The third-order valence-electron chi connectivity index (χ3n) is 3.18. The lowest BCUT2D eigenvalue weighted by molar-refractivity contribution is -0.384. The molecule has 0 N–H and O–H groups in total. The topological polar surface area (TPSA) is 99.2 Å². The molecule has 3 aromatic rings. The predicted molar refractivity (Wildman–Crippen MR) is 93.3 cm³/mol. The second-order valence-corrected chi connectivity index (χ2v) is 6.23. The van der Waals surface area contributed by atoms with Gasteiger partial charge in [-0.05, 0) is 23.8 Å². The fourth-order valence-electron chi connectivity index (χ4n) is 2.06. The van der Waals surface area contributed by atoms with Gasteiger partial charge >= 0.3 is 0 Å². The summed E-state index contributed by atoms with van der Waals surface area (Å²) in [4.78, 5) is 25.0. The minimum absolute atomic E-state index is 0.00926. The molecule has 0 amide bonds. The number of halogens is 1. The number of thiazole rings is 1. The van der Waals surface area contributed by atoms with E-state index in [4.69, 9.17) is 11.6 Å². The van der Waals surface area contributed by atoms with Crippen LogP contribution in [0.2, 0.25) is 5.02 Å². The van der Waals surface area contributed by atoms with E-state index in [0.717, 1.165) is 0 Å². The van der Waals surface area contributed by atoms with E-state index >= 15 is 0 Å². The molecule has 0 saturated carbocycles. The minimum atomic E-state index is -0.545. The Morgan fingerprint density at radius 3 is 2.54 bits per heavy atom. The largest absolute Gasteiger partial charge is 0.288 e. The van der Waals surface area contributed by atoms with E-state index in [1.165, 1.54) is 35.6 Å². The molecule has 120 valence electrons. The number of hydrogen-bond donors (Lipinski definition) is 0. The number of rotatable bonds is 4. The van der Waals surface area contributed by atoms with Gasteiger partial charge in [0.1, 0.15) is 10.0 Å². The number of hydrogen-bond acceptors (Lipinski definition) is 6. The van der Waals surface area contributed by atoms with Crippen molar-refractivity contribution in [3.8, 4) is 0 Å². The van der Waals surface area contributed by atoms with Gasteiger partial charge in [-0.3, -0.25) is 20.2 Å². The highest BCUT2D eigenvalue weighted by molar-refractivity contribution is 7.19. The average molecular weight is 362 g/mol. The highest BCUT2D eigenvalue weighted by Crippen LogP contribution is 2.29. The minimum Gasteiger partial charge on any atom is -0.258 e. The lowest BCUT2D eigenvalue weighted by Gasteiger charge is -1.96. The molecule has 1 heterocycles. The third kappa shape index (κ3) is 3.24. The van der Waals surface area contributed by atoms with Crippen molar-refractivity contribution in [2.24, 2.45) is 0 Å². The molecule has 9 heteroatoms. The number of non-ortho nitro benzene ring substituents is 1. The first-order chi connectivity index (χ1) is 11.4. The van der Waals surface area contributed by atoms with Crippen molar-refractivity contribution in [1.82, 2.24) is 4.98 Å². The molecule has 0 unspecified atom stereocenters. The Morgan fingerprint density at radius 2 is 1.83 bits per heavy atom. The Balaban J connectivity index is 1.92. The first kappa shape index (κ1) is 16.0. The Hall–Kier alpha value is -2.84. The first-order valence-corrected chi connectivity index (χ1v) is 7.80. The maximum Gasteiger partial charge on any atom is 0.288 e. The number of nitro groups is 2. The smallest absolute Gasteiger partial charge is 0.258 e. The van der Waals surface area contributed by atoms with Crippen molar-refractivity contribution < 1.29 is 9.85 Å². The molecule has 0 saturated heterocycles. The summed E-state index contributed by atoms with van der Waals surface area (Å²) in [5.74, 6) is 0. The van der Waals surface area contributed by atoms with E-state index in [-0.39, 0.29) is 16.4 Å². The molecule has 2 aromatic carbocycles. The second kappa shape index (κ2) is 6.34. The molecule has 7 nitrogen and oxygen atoms in total. The molecule has 0 aliphatic rings. The van der Waals surface area contributed by atoms with Gasteiger partial charge in [0, 0.05) is 18.2 Å². The van der Waals surface area contributed by atoms with Crippen LogP contribution >= 0.6 is 22.9 Å². The molecule has 0 atom stereocenters. The van der Waals surface area contributed by atoms with Crippen LogP contribution < -0.4 is 0 Å². The van der Waals surface area contributed by atoms with Crippen molar-refractivity contribution in [3.63, 3.8) is 0 Å². The van der Waals surface area contributed by atoms with Gasteiger partial charge in [-0.2, -0.15) is 0 Å². The van der Waals surface area contributed by atoms with Crippen LogP contribution in [0, 0.1) is 20.2 Å². The molecule has 0 aliphatic heterocycles. The summed E-state index contributed by atoms with van der Waals surface area (Å²) in [6.07, 6.45) is 3.37. The van der Waals surface area contributed by atoms with Crippen LogP contribution in [0.1, 0.15) is 10.6 Å². The molecular weight excluding hydrogens is 354 g/mol. The number of aromatic nitrogens is 1. The van der Waals surface area contributed by atoms with Gasteiger partial charge in [-0.25, -0.2) is 4.98 Å². The SMILES string of the molecule is O=[N+]([O-])c1ccc2nc(/C=C/c3ccc(Cl)c([N+](=O)[O-])c3)sc2c1. The highest BCUT2D eigenvalue weighted by atomic mass is 35.5. The van der Waals surface area contributed by atoms with E-state index in [1.54, 1.807) is 24.3 Å². The van der Waals surface area contributed by atoms with E-state index in [2.05, 4.69) is 4.98 Å². The molecule has 0 spiro atoms. The van der Waals surface area contributed by atoms with Crippen molar-refractivity contribution in [1.29, 1.82) is 0 Å². The van der Waals surface area contributed by atoms with Crippen LogP contribution in [-0.2, 0) is 0 Å². The summed E-state index contributed by atoms with van der Waals surface area (Å²) >= 11 is 7.07. The first-order valence-electron chi connectivity index (χ1n) is 6.61. The van der Waals surface area contributed by atoms with Crippen LogP contribution in [0.4, 0.5) is 11.4 Å². The third-order valence-corrected chi connectivity index (χ3v) is 4.49. The zero-order valence-electron chi connectivity index (χ0n) is 11.9. The monoisotopic (exact) mass is 361 g/mol. The van der Waals surface area contributed by atoms with Gasteiger partial charge in [0.05, 0.1) is 20.1 Å². The molecule has 0 fully saturated rings. The lowest BCUT2D eigenvalue weighted by Crippen LogP contribution is -1.89. The number of fused-ring (bicyclic) bond motifs is 1. The maximum absolute atomic E-state index is 10.9. The Labute approximate surface area is 144 Å². The lowest BCUT2D eigenvalue weighted by atomic mass is 10.2. The quantitative estimate of drug-likeness (QED) is 0.484. The van der Waals surface area contributed by atoms with Crippen LogP contribution in [0.3, 0.4) is 0 Å². The van der Waals surface area contributed by atoms with Gasteiger partial charge < -0.3 is 0 Å². The number of nitrogens with zero attached hydrogens (tertiary/aromatic N) is 3. The predicted octanol–water partition coefficient (Wildman–Crippen LogP) is 4.94. The summed E-state index contributed by atoms with van der Waals surface area (Å²) < 4.78 is 0.700. The van der Waals surface area contributed by atoms with E-state index < -0.39 is 9.85 Å². The molecule has 3 rings (SSSR count). The van der Waals surface area contributed by atoms with Gasteiger partial charge in [-0.15, -0.1) is 11.3 Å². The summed E-state index contributed by atoms with van der Waals surface area (Å²) in [5, 5.41) is 22.4. The normalized spacial score (nSPS) is 11.2. The average Bonchev–Trinajstić information content (AvgIpc) is 2.95. The summed E-state index contributed by atoms with van der Waals surface area (Å²) in [6.45, 7) is 0. The molecular formula is C15H8ClN3O4S. The number of nitro benzene ring substituents is 2. The Bertz CT molecular complexity index is 1000. The zero-order valence-corrected chi connectivity index (χ0v) is 13.5. The van der Waals surface area contributed by atoms with Crippen LogP contribution in [0.5, 0.6) is 0 Å². The summed E-state index contributed by atoms with van der Waals surface area (Å²) in [6, 6.07) is 8.95. The molecule has 24 heavy (non-hydrogen) atoms. The van der Waals surface area contributed by atoms with Crippen LogP contribution in [0.15, 0.2) is 36.4 Å². The summed E-state index contributed by atoms with van der Waals surface area (Å²) in [7, 11) is 0.